The van der Waals surface area contributed by atoms with Gasteiger partial charge in [0.1, 0.15) is 12.4 Å². The number of sulfonamides is 2. The van der Waals surface area contributed by atoms with Gasteiger partial charge >= 0.3 is 0 Å². The summed E-state index contributed by atoms with van der Waals surface area (Å²) in [6.45, 7) is 5.44. The zero-order chi connectivity index (χ0) is 26.5. The molecule has 0 radical (unpaired) electrons. The van der Waals surface area contributed by atoms with Crippen LogP contribution >= 0.6 is 0 Å². The third kappa shape index (κ3) is 6.10. The molecule has 0 atom stereocenters. The van der Waals surface area contributed by atoms with Crippen LogP contribution in [0.4, 0.5) is 15.8 Å². The van der Waals surface area contributed by atoms with Gasteiger partial charge in [0.05, 0.1) is 15.5 Å². The number of amides is 1. The summed E-state index contributed by atoms with van der Waals surface area (Å²) >= 11 is 0. The van der Waals surface area contributed by atoms with Gasteiger partial charge in [-0.15, -0.1) is 0 Å². The minimum Gasteiger partial charge on any atom is -0.325 e. The molecule has 0 bridgehead atoms. The van der Waals surface area contributed by atoms with Crippen LogP contribution < -0.4 is 9.62 Å². The molecular weight excluding hydrogens is 505 g/mol. The first-order chi connectivity index (χ1) is 17.0. The van der Waals surface area contributed by atoms with Gasteiger partial charge in [0.25, 0.3) is 10.0 Å². The second kappa shape index (κ2) is 11.2. The lowest BCUT2D eigenvalue weighted by Crippen LogP contribution is -2.38. The molecule has 0 spiro atoms. The van der Waals surface area contributed by atoms with Crippen LogP contribution in [0.1, 0.15) is 19.4 Å². The van der Waals surface area contributed by atoms with Crippen molar-refractivity contribution < 1.29 is 26.0 Å². The van der Waals surface area contributed by atoms with Crippen molar-refractivity contribution in [2.24, 2.45) is 0 Å². The van der Waals surface area contributed by atoms with Crippen LogP contribution in [0.5, 0.6) is 0 Å². The van der Waals surface area contributed by atoms with Crippen LogP contribution in [-0.2, 0) is 24.8 Å². The quantitative estimate of drug-likeness (QED) is 0.424. The standard InChI is InChI=1S/C25H28FN3O5S2/c1-4-28(5-2)35(31,32)23-16-10-21(11-17-23)27-25(30)18-29(22-12-6-19(3)7-13-22)36(33,34)24-14-8-20(26)9-15-24/h6-17H,4-5,18H2,1-3H3,(H,27,30). The molecule has 0 saturated heterocycles. The summed E-state index contributed by atoms with van der Waals surface area (Å²) in [5.74, 6) is -1.22. The van der Waals surface area contributed by atoms with Crippen molar-refractivity contribution in [3.63, 3.8) is 0 Å². The summed E-state index contributed by atoms with van der Waals surface area (Å²) in [6, 6.07) is 16.6. The third-order valence-electron chi connectivity index (χ3n) is 5.49. The van der Waals surface area contributed by atoms with Crippen molar-refractivity contribution >= 4 is 37.3 Å². The Morgan fingerprint density at radius 3 is 1.81 bits per heavy atom. The zero-order valence-electron chi connectivity index (χ0n) is 20.2. The molecular formula is C25H28FN3O5S2. The molecule has 0 fully saturated rings. The van der Waals surface area contributed by atoms with Gasteiger partial charge < -0.3 is 5.32 Å². The Kier molecular flexibility index (Phi) is 8.49. The van der Waals surface area contributed by atoms with Crippen molar-refractivity contribution in [3.05, 3.63) is 84.2 Å². The molecule has 1 amide bonds. The highest BCUT2D eigenvalue weighted by Gasteiger charge is 2.27. The summed E-state index contributed by atoms with van der Waals surface area (Å²) in [5, 5.41) is 2.61. The topological polar surface area (TPSA) is 104 Å². The molecule has 0 aliphatic heterocycles. The van der Waals surface area contributed by atoms with Crippen LogP contribution in [-0.4, -0.2) is 46.7 Å². The highest BCUT2D eigenvalue weighted by molar-refractivity contribution is 7.92. The second-order valence-electron chi connectivity index (χ2n) is 7.96. The maximum Gasteiger partial charge on any atom is 0.264 e. The van der Waals surface area contributed by atoms with E-state index in [1.165, 1.54) is 28.6 Å². The Morgan fingerprint density at radius 1 is 0.778 bits per heavy atom. The number of nitrogens with zero attached hydrogens (tertiary/aromatic N) is 2. The average Bonchev–Trinajstić information content (AvgIpc) is 2.84. The highest BCUT2D eigenvalue weighted by Crippen LogP contribution is 2.25. The van der Waals surface area contributed by atoms with Gasteiger partial charge in [-0.05, 0) is 67.6 Å². The lowest BCUT2D eigenvalue weighted by molar-refractivity contribution is -0.114. The van der Waals surface area contributed by atoms with Crippen molar-refractivity contribution in [2.45, 2.75) is 30.6 Å². The first-order valence-corrected chi connectivity index (χ1v) is 14.1. The monoisotopic (exact) mass is 533 g/mol. The van der Waals surface area contributed by atoms with E-state index >= 15 is 0 Å². The Labute approximate surface area is 211 Å². The fourth-order valence-electron chi connectivity index (χ4n) is 3.51. The first kappa shape index (κ1) is 27.3. The minimum atomic E-state index is -4.19. The lowest BCUT2D eigenvalue weighted by Gasteiger charge is -2.24. The molecule has 3 aromatic rings. The van der Waals surface area contributed by atoms with Gasteiger partial charge in [-0.3, -0.25) is 9.10 Å². The van der Waals surface area contributed by atoms with E-state index in [0.717, 1.165) is 34.1 Å². The molecule has 0 unspecified atom stereocenters. The van der Waals surface area contributed by atoms with Crippen molar-refractivity contribution in [2.75, 3.05) is 29.3 Å². The van der Waals surface area contributed by atoms with Crippen molar-refractivity contribution in [3.8, 4) is 0 Å². The van der Waals surface area contributed by atoms with Gasteiger partial charge in [0.2, 0.25) is 15.9 Å². The predicted octanol–water partition coefficient (Wildman–Crippen LogP) is 4.00. The van der Waals surface area contributed by atoms with Gasteiger partial charge in [-0.1, -0.05) is 31.5 Å². The third-order valence-corrected chi connectivity index (χ3v) is 9.34. The molecule has 0 aliphatic carbocycles. The summed E-state index contributed by atoms with van der Waals surface area (Å²) in [7, 11) is -7.84. The Morgan fingerprint density at radius 2 is 1.28 bits per heavy atom. The number of aryl methyl sites for hydroxylation is 1. The number of benzene rings is 3. The lowest BCUT2D eigenvalue weighted by atomic mass is 10.2. The van der Waals surface area contributed by atoms with Crippen molar-refractivity contribution in [1.29, 1.82) is 0 Å². The molecule has 192 valence electrons. The van der Waals surface area contributed by atoms with Crippen LogP contribution in [0.3, 0.4) is 0 Å². The van der Waals surface area contributed by atoms with Gasteiger partial charge in [-0.25, -0.2) is 21.2 Å². The number of anilines is 2. The molecule has 0 aliphatic rings. The van der Waals surface area contributed by atoms with Crippen LogP contribution in [0.25, 0.3) is 0 Å². The summed E-state index contributed by atoms with van der Waals surface area (Å²) in [4.78, 5) is 12.8. The minimum absolute atomic E-state index is 0.0874. The number of halogens is 1. The average molecular weight is 534 g/mol. The van der Waals surface area contributed by atoms with E-state index in [1.54, 1.807) is 38.1 Å². The first-order valence-electron chi connectivity index (χ1n) is 11.2. The second-order valence-corrected chi connectivity index (χ2v) is 11.8. The number of carbonyl (C=O) groups excluding carboxylic acids is 1. The molecule has 0 heterocycles. The Balaban J connectivity index is 1.85. The van der Waals surface area contributed by atoms with E-state index in [1.807, 2.05) is 6.92 Å². The number of hydrogen-bond acceptors (Lipinski definition) is 5. The Bertz CT molecular complexity index is 1400. The predicted molar refractivity (Wildman–Crippen MR) is 137 cm³/mol. The van der Waals surface area contributed by atoms with E-state index in [4.69, 9.17) is 0 Å². The fourth-order valence-corrected chi connectivity index (χ4v) is 6.39. The number of hydrogen-bond donors (Lipinski definition) is 1. The molecule has 0 saturated carbocycles. The summed E-state index contributed by atoms with van der Waals surface area (Å²) < 4.78 is 67.6. The van der Waals surface area contributed by atoms with E-state index in [0.29, 0.717) is 18.8 Å². The van der Waals surface area contributed by atoms with E-state index in [2.05, 4.69) is 5.32 Å². The molecule has 3 rings (SSSR count). The number of carbonyl (C=O) groups is 1. The van der Waals surface area contributed by atoms with Crippen LogP contribution in [0.2, 0.25) is 0 Å². The maximum atomic E-state index is 13.4. The van der Waals surface area contributed by atoms with Crippen LogP contribution in [0.15, 0.2) is 82.6 Å². The molecule has 3 aromatic carbocycles. The molecule has 36 heavy (non-hydrogen) atoms. The van der Waals surface area contributed by atoms with Gasteiger partial charge in [0.15, 0.2) is 0 Å². The van der Waals surface area contributed by atoms with Gasteiger partial charge in [-0.2, -0.15) is 4.31 Å². The number of nitrogens with one attached hydrogen (secondary N) is 1. The summed E-state index contributed by atoms with van der Waals surface area (Å²) in [6.07, 6.45) is 0. The summed E-state index contributed by atoms with van der Waals surface area (Å²) in [5.41, 5.74) is 1.48. The molecule has 8 nitrogen and oxygen atoms in total. The molecule has 1 N–H and O–H groups in total. The molecule has 0 aromatic heterocycles. The SMILES string of the molecule is CCN(CC)S(=O)(=O)c1ccc(NC(=O)CN(c2ccc(C)cc2)S(=O)(=O)c2ccc(F)cc2)cc1. The normalized spacial score (nSPS) is 11.9. The highest BCUT2D eigenvalue weighted by atomic mass is 32.2. The maximum absolute atomic E-state index is 13.4. The Hall–Kier alpha value is -3.28. The smallest absolute Gasteiger partial charge is 0.264 e. The fraction of sp³-hybridized carbons (Fsp3) is 0.240. The van der Waals surface area contributed by atoms with Crippen LogP contribution in [0, 0.1) is 12.7 Å². The van der Waals surface area contributed by atoms with E-state index in [-0.39, 0.29) is 15.5 Å². The van der Waals surface area contributed by atoms with E-state index < -0.39 is 38.3 Å². The zero-order valence-corrected chi connectivity index (χ0v) is 21.8. The van der Waals surface area contributed by atoms with E-state index in [9.17, 15) is 26.0 Å². The molecule has 11 heteroatoms. The number of rotatable bonds is 10. The van der Waals surface area contributed by atoms with Gasteiger partial charge in [0, 0.05) is 18.8 Å². The largest absolute Gasteiger partial charge is 0.325 e. The van der Waals surface area contributed by atoms with Crippen molar-refractivity contribution in [1.82, 2.24) is 4.31 Å².